The molecule has 0 amide bonds. The number of nitrogens with two attached hydrogens (primary N) is 1. The second kappa shape index (κ2) is 5.69. The molecule has 0 aliphatic carbocycles. The first-order valence-electron chi connectivity index (χ1n) is 5.33. The Balaban J connectivity index is 3.39. The zero-order valence-corrected chi connectivity index (χ0v) is 9.97. The van der Waals surface area contributed by atoms with Gasteiger partial charge in [-0.3, -0.25) is 0 Å². The van der Waals surface area contributed by atoms with Gasteiger partial charge < -0.3 is 15.6 Å². The van der Waals surface area contributed by atoms with E-state index in [9.17, 15) is 5.11 Å². The van der Waals surface area contributed by atoms with Gasteiger partial charge in [0.2, 0.25) is 0 Å². The van der Waals surface area contributed by atoms with Crippen LogP contribution in [0.15, 0.2) is 0 Å². The molecule has 0 aliphatic heterocycles. The van der Waals surface area contributed by atoms with E-state index in [-0.39, 0.29) is 5.60 Å². The van der Waals surface area contributed by atoms with E-state index < -0.39 is 5.60 Å². The van der Waals surface area contributed by atoms with Crippen molar-refractivity contribution in [3.05, 3.63) is 0 Å². The number of hydrogen-bond donors (Lipinski definition) is 2. The molecule has 0 saturated heterocycles. The molecule has 0 rings (SSSR count). The smallest absolute Gasteiger partial charge is 0.0741 e. The molecule has 0 saturated carbocycles. The molecular weight excluding hydrogens is 178 g/mol. The minimum atomic E-state index is -0.707. The van der Waals surface area contributed by atoms with E-state index in [4.69, 9.17) is 10.5 Å². The first kappa shape index (κ1) is 13.9. The van der Waals surface area contributed by atoms with Crippen LogP contribution in [0.1, 0.15) is 47.0 Å². The van der Waals surface area contributed by atoms with Crippen LogP contribution in [-0.4, -0.2) is 29.5 Å². The Labute approximate surface area is 87.6 Å². The van der Waals surface area contributed by atoms with Gasteiger partial charge in [-0.05, 0) is 47.0 Å². The third kappa shape index (κ3) is 8.48. The Morgan fingerprint density at radius 1 is 1.14 bits per heavy atom. The number of ether oxygens (including phenoxy) is 1. The van der Waals surface area contributed by atoms with Gasteiger partial charge in [-0.15, -0.1) is 0 Å². The first-order chi connectivity index (χ1) is 6.27. The van der Waals surface area contributed by atoms with Gasteiger partial charge in [-0.1, -0.05) is 0 Å². The summed E-state index contributed by atoms with van der Waals surface area (Å²) in [5, 5.41) is 9.62. The number of hydrogen-bond acceptors (Lipinski definition) is 3. The van der Waals surface area contributed by atoms with Gasteiger partial charge in [0.1, 0.15) is 0 Å². The van der Waals surface area contributed by atoms with Gasteiger partial charge in [-0.25, -0.2) is 0 Å². The molecule has 0 heterocycles. The molecule has 14 heavy (non-hydrogen) atoms. The molecule has 86 valence electrons. The van der Waals surface area contributed by atoms with Crippen molar-refractivity contribution in [3.63, 3.8) is 0 Å². The van der Waals surface area contributed by atoms with Crippen LogP contribution in [0.4, 0.5) is 0 Å². The maximum atomic E-state index is 9.62. The summed E-state index contributed by atoms with van der Waals surface area (Å²) < 4.78 is 5.56. The summed E-state index contributed by atoms with van der Waals surface area (Å²) in [5.74, 6) is 0. The number of aliphatic hydroxyl groups is 1. The maximum absolute atomic E-state index is 9.62. The van der Waals surface area contributed by atoms with E-state index in [0.29, 0.717) is 6.54 Å². The van der Waals surface area contributed by atoms with E-state index >= 15 is 0 Å². The predicted octanol–water partition coefficient (Wildman–Crippen LogP) is 1.68. The average Bonchev–Trinajstić information content (AvgIpc) is 2.01. The topological polar surface area (TPSA) is 55.5 Å². The van der Waals surface area contributed by atoms with Crippen LogP contribution in [0.3, 0.4) is 0 Å². The van der Waals surface area contributed by atoms with E-state index in [1.807, 2.05) is 20.8 Å². The summed E-state index contributed by atoms with van der Waals surface area (Å²) in [4.78, 5) is 0. The van der Waals surface area contributed by atoms with Crippen LogP contribution in [-0.2, 0) is 4.74 Å². The quantitative estimate of drug-likeness (QED) is 0.646. The molecule has 0 spiro atoms. The third-order valence-electron chi connectivity index (χ3n) is 2.08. The summed E-state index contributed by atoms with van der Waals surface area (Å²) >= 11 is 0. The normalized spacial score (nSPS) is 16.7. The molecule has 3 nitrogen and oxygen atoms in total. The standard InChI is InChI=1S/C11H25NO2/c1-10(2,3)14-8-6-5-7-11(4,13)9-12/h13H,5-9,12H2,1-4H3. The molecule has 0 radical (unpaired) electrons. The van der Waals surface area contributed by atoms with Crippen LogP contribution < -0.4 is 5.73 Å². The maximum Gasteiger partial charge on any atom is 0.0741 e. The van der Waals surface area contributed by atoms with Crippen molar-refractivity contribution in [2.45, 2.75) is 58.2 Å². The van der Waals surface area contributed by atoms with Crippen LogP contribution in [0.5, 0.6) is 0 Å². The van der Waals surface area contributed by atoms with Gasteiger partial charge >= 0.3 is 0 Å². The van der Waals surface area contributed by atoms with E-state index in [1.54, 1.807) is 6.92 Å². The molecule has 3 heteroatoms. The van der Waals surface area contributed by atoms with Crippen molar-refractivity contribution in [2.75, 3.05) is 13.2 Å². The second-order valence-corrected chi connectivity index (χ2v) is 5.12. The minimum absolute atomic E-state index is 0.0591. The molecule has 0 aromatic carbocycles. The summed E-state index contributed by atoms with van der Waals surface area (Å²) in [6.45, 7) is 8.99. The average molecular weight is 203 g/mol. The molecule has 3 N–H and O–H groups in total. The lowest BCUT2D eigenvalue weighted by molar-refractivity contribution is -0.00801. The largest absolute Gasteiger partial charge is 0.389 e. The minimum Gasteiger partial charge on any atom is -0.389 e. The van der Waals surface area contributed by atoms with Gasteiger partial charge in [0.15, 0.2) is 0 Å². The lowest BCUT2D eigenvalue weighted by Gasteiger charge is -2.22. The van der Waals surface area contributed by atoms with E-state index in [2.05, 4.69) is 0 Å². The summed E-state index contributed by atoms with van der Waals surface area (Å²) in [7, 11) is 0. The van der Waals surface area contributed by atoms with Gasteiger partial charge in [0, 0.05) is 13.2 Å². The Morgan fingerprint density at radius 3 is 2.14 bits per heavy atom. The molecule has 0 aromatic rings. The molecule has 0 fully saturated rings. The van der Waals surface area contributed by atoms with E-state index in [1.165, 1.54) is 0 Å². The summed E-state index contributed by atoms with van der Waals surface area (Å²) in [5.41, 5.74) is 4.64. The van der Waals surface area contributed by atoms with Crippen molar-refractivity contribution >= 4 is 0 Å². The Kier molecular flexibility index (Phi) is 5.64. The number of unbranched alkanes of at least 4 members (excludes halogenated alkanes) is 1. The first-order valence-corrected chi connectivity index (χ1v) is 5.33. The van der Waals surface area contributed by atoms with Gasteiger partial charge in [0.05, 0.1) is 11.2 Å². The molecular formula is C11H25NO2. The Morgan fingerprint density at radius 2 is 1.71 bits per heavy atom. The molecule has 0 aromatic heterocycles. The second-order valence-electron chi connectivity index (χ2n) is 5.12. The SMILES string of the molecule is CC(O)(CN)CCCCOC(C)(C)C. The fourth-order valence-electron chi connectivity index (χ4n) is 1.09. The molecule has 1 atom stereocenters. The number of rotatable bonds is 6. The van der Waals surface area contributed by atoms with Crippen molar-refractivity contribution in [1.82, 2.24) is 0 Å². The Hall–Kier alpha value is -0.120. The van der Waals surface area contributed by atoms with Crippen LogP contribution in [0.2, 0.25) is 0 Å². The fraction of sp³-hybridized carbons (Fsp3) is 1.00. The zero-order chi connectivity index (χ0) is 11.2. The highest BCUT2D eigenvalue weighted by Gasteiger charge is 2.17. The summed E-state index contributed by atoms with van der Waals surface area (Å²) in [6, 6.07) is 0. The van der Waals surface area contributed by atoms with Gasteiger partial charge in [0.25, 0.3) is 0 Å². The van der Waals surface area contributed by atoms with Crippen molar-refractivity contribution in [2.24, 2.45) is 5.73 Å². The van der Waals surface area contributed by atoms with E-state index in [0.717, 1.165) is 25.9 Å². The van der Waals surface area contributed by atoms with Gasteiger partial charge in [-0.2, -0.15) is 0 Å². The lowest BCUT2D eigenvalue weighted by Crippen LogP contribution is -2.34. The predicted molar refractivity (Wildman–Crippen MR) is 59.2 cm³/mol. The monoisotopic (exact) mass is 203 g/mol. The van der Waals surface area contributed by atoms with Crippen LogP contribution >= 0.6 is 0 Å². The zero-order valence-electron chi connectivity index (χ0n) is 9.97. The Bertz CT molecular complexity index is 150. The summed E-state index contributed by atoms with van der Waals surface area (Å²) in [6.07, 6.45) is 2.69. The highest BCUT2D eigenvalue weighted by Crippen LogP contribution is 2.13. The highest BCUT2D eigenvalue weighted by atomic mass is 16.5. The fourth-order valence-corrected chi connectivity index (χ4v) is 1.09. The molecule has 0 aliphatic rings. The lowest BCUT2D eigenvalue weighted by atomic mass is 9.99. The third-order valence-corrected chi connectivity index (χ3v) is 2.08. The van der Waals surface area contributed by atoms with Crippen molar-refractivity contribution in [1.29, 1.82) is 0 Å². The molecule has 1 unspecified atom stereocenters. The van der Waals surface area contributed by atoms with Crippen LogP contribution in [0.25, 0.3) is 0 Å². The molecule has 0 bridgehead atoms. The van der Waals surface area contributed by atoms with Crippen LogP contribution in [0, 0.1) is 0 Å². The van der Waals surface area contributed by atoms with Crippen molar-refractivity contribution < 1.29 is 9.84 Å². The highest BCUT2D eigenvalue weighted by molar-refractivity contribution is 4.72. The van der Waals surface area contributed by atoms with Crippen molar-refractivity contribution in [3.8, 4) is 0 Å².